The molecule has 1 N–H and O–H groups in total. The summed E-state index contributed by atoms with van der Waals surface area (Å²) in [5.74, 6) is -2.04. The minimum Gasteiger partial charge on any atom is -0.453 e. The molecule has 2 amide bonds. The predicted octanol–water partition coefficient (Wildman–Crippen LogP) is 1.93. The number of nitrogens with one attached hydrogen (secondary N) is 1. The van der Waals surface area contributed by atoms with E-state index in [2.05, 4.69) is 4.74 Å². The molecule has 0 spiro atoms. The number of nitrogens with zero attached hydrogens (tertiary/aromatic N) is 1. The minimum absolute atomic E-state index is 0.0939. The third kappa shape index (κ3) is 5.72. The molecule has 8 heteroatoms. The Labute approximate surface area is 119 Å². The fourth-order valence-corrected chi connectivity index (χ4v) is 1.57. The van der Waals surface area contributed by atoms with E-state index in [0.29, 0.717) is 0 Å². The molecule has 0 atom stereocenters. The molecule has 0 saturated heterocycles. The van der Waals surface area contributed by atoms with Gasteiger partial charge in [0.15, 0.2) is 0 Å². The fourth-order valence-electron chi connectivity index (χ4n) is 1.57. The van der Waals surface area contributed by atoms with Gasteiger partial charge < -0.3 is 15.0 Å². The molecule has 0 fully saturated rings. The first-order chi connectivity index (χ1) is 9.84. The Bertz CT molecular complexity index is 477. The highest BCUT2D eigenvalue weighted by Gasteiger charge is 2.38. The van der Waals surface area contributed by atoms with Crippen LogP contribution in [0.4, 0.5) is 18.0 Å². The molecule has 116 valence electrons. The lowest BCUT2D eigenvalue weighted by atomic mass is 10.2. The summed E-state index contributed by atoms with van der Waals surface area (Å²) in [6, 6.07) is 8.89. The SMILES string of the molecule is COC(=O)N(CCNC(=O)C(F)(F)F)Cc1ccccc1. The lowest BCUT2D eigenvalue weighted by Crippen LogP contribution is -2.42. The molecule has 0 unspecified atom stereocenters. The van der Waals surface area contributed by atoms with Crippen molar-refractivity contribution in [1.29, 1.82) is 0 Å². The average Bonchev–Trinajstić information content (AvgIpc) is 2.45. The molecule has 21 heavy (non-hydrogen) atoms. The Balaban J connectivity index is 2.56. The van der Waals surface area contributed by atoms with E-state index in [4.69, 9.17) is 0 Å². The zero-order valence-electron chi connectivity index (χ0n) is 11.3. The van der Waals surface area contributed by atoms with E-state index in [1.165, 1.54) is 12.0 Å². The van der Waals surface area contributed by atoms with E-state index < -0.39 is 18.2 Å². The van der Waals surface area contributed by atoms with Gasteiger partial charge in [-0.15, -0.1) is 0 Å². The average molecular weight is 304 g/mol. The Morgan fingerprint density at radius 3 is 2.38 bits per heavy atom. The standard InChI is InChI=1S/C13H15F3N2O3/c1-21-12(20)18(9-10-5-3-2-4-6-10)8-7-17-11(19)13(14,15)16/h2-6H,7-9H2,1H3,(H,17,19). The number of carbonyl (C=O) groups is 2. The van der Waals surface area contributed by atoms with Crippen LogP contribution in [0.2, 0.25) is 0 Å². The monoisotopic (exact) mass is 304 g/mol. The topological polar surface area (TPSA) is 58.6 Å². The number of ether oxygens (including phenoxy) is 1. The van der Waals surface area contributed by atoms with Crippen LogP contribution >= 0.6 is 0 Å². The molecule has 0 saturated carbocycles. The molecule has 0 radical (unpaired) electrons. The number of rotatable bonds is 5. The van der Waals surface area contributed by atoms with Gasteiger partial charge in [-0.2, -0.15) is 13.2 Å². The first kappa shape index (κ1) is 16.8. The van der Waals surface area contributed by atoms with Gasteiger partial charge in [-0.25, -0.2) is 4.79 Å². The summed E-state index contributed by atoms with van der Waals surface area (Å²) in [6.45, 7) is -0.237. The molecular formula is C13H15F3N2O3. The second-order valence-electron chi connectivity index (χ2n) is 4.13. The van der Waals surface area contributed by atoms with Crippen molar-refractivity contribution in [2.24, 2.45) is 0 Å². The van der Waals surface area contributed by atoms with Crippen LogP contribution in [0.3, 0.4) is 0 Å². The van der Waals surface area contributed by atoms with Crippen molar-refractivity contribution >= 4 is 12.0 Å². The van der Waals surface area contributed by atoms with Gasteiger partial charge in [-0.3, -0.25) is 4.79 Å². The van der Waals surface area contributed by atoms with Crippen LogP contribution in [0.1, 0.15) is 5.56 Å². The molecule has 1 aromatic carbocycles. The van der Waals surface area contributed by atoms with Gasteiger partial charge in [0.2, 0.25) is 0 Å². The molecule has 0 aliphatic heterocycles. The molecule has 0 aliphatic rings. The number of halogens is 3. The van der Waals surface area contributed by atoms with Crippen molar-refractivity contribution in [1.82, 2.24) is 10.2 Å². The fraction of sp³-hybridized carbons (Fsp3) is 0.385. The van der Waals surface area contributed by atoms with Crippen molar-refractivity contribution in [2.75, 3.05) is 20.2 Å². The van der Waals surface area contributed by atoms with E-state index in [9.17, 15) is 22.8 Å². The second kappa shape index (κ2) is 7.51. The van der Waals surface area contributed by atoms with Crippen LogP contribution in [0, 0.1) is 0 Å². The number of benzene rings is 1. The highest BCUT2D eigenvalue weighted by Crippen LogP contribution is 2.13. The summed E-state index contributed by atoms with van der Waals surface area (Å²) in [5.41, 5.74) is 0.796. The number of alkyl halides is 3. The molecular weight excluding hydrogens is 289 g/mol. The molecule has 0 aromatic heterocycles. The second-order valence-corrected chi connectivity index (χ2v) is 4.13. The molecule has 1 aromatic rings. The molecule has 0 heterocycles. The van der Waals surface area contributed by atoms with Gasteiger partial charge >= 0.3 is 18.2 Å². The smallest absolute Gasteiger partial charge is 0.453 e. The number of amides is 2. The minimum atomic E-state index is -4.93. The Kier molecular flexibility index (Phi) is 6.01. The van der Waals surface area contributed by atoms with Crippen LogP contribution in [0.5, 0.6) is 0 Å². The van der Waals surface area contributed by atoms with Gasteiger partial charge in [0.05, 0.1) is 7.11 Å². The predicted molar refractivity (Wildman–Crippen MR) is 68.3 cm³/mol. The van der Waals surface area contributed by atoms with E-state index >= 15 is 0 Å². The Morgan fingerprint density at radius 2 is 1.86 bits per heavy atom. The maximum absolute atomic E-state index is 12.0. The summed E-state index contributed by atoms with van der Waals surface area (Å²) < 4.78 is 40.6. The van der Waals surface area contributed by atoms with Gasteiger partial charge in [0.25, 0.3) is 0 Å². The van der Waals surface area contributed by atoms with Crippen LogP contribution in [0.15, 0.2) is 30.3 Å². The van der Waals surface area contributed by atoms with E-state index in [0.717, 1.165) is 5.56 Å². The third-order valence-corrected chi connectivity index (χ3v) is 2.57. The quantitative estimate of drug-likeness (QED) is 0.904. The number of hydrogen-bond donors (Lipinski definition) is 1. The molecule has 0 aliphatic carbocycles. The summed E-state index contributed by atoms with van der Waals surface area (Å²) in [6.07, 6.45) is -5.62. The van der Waals surface area contributed by atoms with Crippen molar-refractivity contribution in [3.63, 3.8) is 0 Å². The first-order valence-electron chi connectivity index (χ1n) is 6.06. The zero-order chi connectivity index (χ0) is 15.9. The molecule has 5 nitrogen and oxygen atoms in total. The zero-order valence-corrected chi connectivity index (χ0v) is 11.3. The maximum atomic E-state index is 12.0. The highest BCUT2D eigenvalue weighted by molar-refractivity contribution is 5.81. The van der Waals surface area contributed by atoms with Crippen molar-refractivity contribution < 1.29 is 27.5 Å². The van der Waals surface area contributed by atoms with Crippen molar-refractivity contribution in [2.45, 2.75) is 12.7 Å². The molecule has 1 rings (SSSR count). The number of carbonyl (C=O) groups excluding carboxylic acids is 2. The van der Waals surface area contributed by atoms with Gasteiger partial charge in [-0.1, -0.05) is 30.3 Å². The van der Waals surface area contributed by atoms with Gasteiger partial charge in [0, 0.05) is 19.6 Å². The van der Waals surface area contributed by atoms with Crippen molar-refractivity contribution in [3.8, 4) is 0 Å². The van der Waals surface area contributed by atoms with Gasteiger partial charge in [-0.05, 0) is 5.56 Å². The number of methoxy groups -OCH3 is 1. The van der Waals surface area contributed by atoms with E-state index in [1.807, 2.05) is 0 Å². The highest BCUT2D eigenvalue weighted by atomic mass is 19.4. The Hall–Kier alpha value is -2.25. The largest absolute Gasteiger partial charge is 0.471 e. The van der Waals surface area contributed by atoms with Crippen LogP contribution in [-0.4, -0.2) is 43.3 Å². The maximum Gasteiger partial charge on any atom is 0.471 e. The summed E-state index contributed by atoms with van der Waals surface area (Å²) in [4.78, 5) is 23.4. The normalized spacial score (nSPS) is 10.9. The van der Waals surface area contributed by atoms with Crippen LogP contribution in [0.25, 0.3) is 0 Å². The van der Waals surface area contributed by atoms with E-state index in [-0.39, 0.29) is 19.6 Å². The summed E-state index contributed by atoms with van der Waals surface area (Å²) >= 11 is 0. The summed E-state index contributed by atoms with van der Waals surface area (Å²) in [5, 5.41) is 1.70. The van der Waals surface area contributed by atoms with Crippen molar-refractivity contribution in [3.05, 3.63) is 35.9 Å². The third-order valence-electron chi connectivity index (χ3n) is 2.57. The number of hydrogen-bond acceptors (Lipinski definition) is 3. The Morgan fingerprint density at radius 1 is 1.24 bits per heavy atom. The van der Waals surface area contributed by atoms with E-state index in [1.54, 1.807) is 35.6 Å². The lowest BCUT2D eigenvalue weighted by Gasteiger charge is -2.21. The first-order valence-corrected chi connectivity index (χ1v) is 6.06. The van der Waals surface area contributed by atoms with Gasteiger partial charge in [0.1, 0.15) is 0 Å². The summed E-state index contributed by atoms with van der Waals surface area (Å²) in [7, 11) is 1.18. The van der Waals surface area contributed by atoms with Crippen LogP contribution in [-0.2, 0) is 16.1 Å². The lowest BCUT2D eigenvalue weighted by molar-refractivity contribution is -0.173. The van der Waals surface area contributed by atoms with Crippen LogP contribution < -0.4 is 5.32 Å². The molecule has 0 bridgehead atoms.